The molecule has 0 aliphatic carbocycles. The quantitative estimate of drug-likeness (QED) is 0.921. The summed E-state index contributed by atoms with van der Waals surface area (Å²) in [5.74, 6) is 0.109. The van der Waals surface area contributed by atoms with E-state index in [-0.39, 0.29) is 5.91 Å². The second kappa shape index (κ2) is 5.43. The molecule has 1 aromatic carbocycles. The smallest absolute Gasteiger partial charge is 0.254 e. The van der Waals surface area contributed by atoms with Gasteiger partial charge < -0.3 is 10.6 Å². The molecule has 0 atom stereocenters. The molecule has 1 aromatic heterocycles. The van der Waals surface area contributed by atoms with Crippen molar-refractivity contribution < 1.29 is 4.79 Å². The van der Waals surface area contributed by atoms with E-state index in [1.165, 1.54) is 0 Å². The maximum Gasteiger partial charge on any atom is 0.254 e. The molecule has 0 saturated heterocycles. The standard InChI is InChI=1S/C16H17N3O/c17-10-14-9-12(5-7-18-14)11-19-8-6-13-3-1-2-4-15(13)16(19)20/h1-5,7,9H,6,8,10-11,17H2. The Morgan fingerprint density at radius 2 is 2.10 bits per heavy atom. The molecule has 2 heterocycles. The van der Waals surface area contributed by atoms with E-state index in [0.717, 1.165) is 35.3 Å². The lowest BCUT2D eigenvalue weighted by Crippen LogP contribution is -2.37. The number of nitrogens with zero attached hydrogens (tertiary/aromatic N) is 2. The normalized spacial score (nSPS) is 14.2. The monoisotopic (exact) mass is 267 g/mol. The van der Waals surface area contributed by atoms with Crippen LogP contribution in [0.5, 0.6) is 0 Å². The van der Waals surface area contributed by atoms with E-state index in [4.69, 9.17) is 5.73 Å². The first-order valence-electron chi connectivity index (χ1n) is 6.79. The average Bonchev–Trinajstić information content (AvgIpc) is 2.50. The van der Waals surface area contributed by atoms with Gasteiger partial charge >= 0.3 is 0 Å². The van der Waals surface area contributed by atoms with Crippen LogP contribution in [0.15, 0.2) is 42.6 Å². The van der Waals surface area contributed by atoms with Crippen LogP contribution in [-0.4, -0.2) is 22.3 Å². The summed E-state index contributed by atoms with van der Waals surface area (Å²) < 4.78 is 0. The van der Waals surface area contributed by atoms with Crippen LogP contribution in [0, 0.1) is 0 Å². The van der Waals surface area contributed by atoms with Crippen LogP contribution in [-0.2, 0) is 19.5 Å². The van der Waals surface area contributed by atoms with Gasteiger partial charge in [0.1, 0.15) is 0 Å². The fourth-order valence-corrected chi connectivity index (χ4v) is 2.58. The predicted molar refractivity (Wildman–Crippen MR) is 77.0 cm³/mol. The van der Waals surface area contributed by atoms with E-state index in [1.54, 1.807) is 6.20 Å². The fraction of sp³-hybridized carbons (Fsp3) is 0.250. The highest BCUT2D eigenvalue weighted by atomic mass is 16.2. The molecule has 20 heavy (non-hydrogen) atoms. The van der Waals surface area contributed by atoms with Crippen molar-refractivity contribution in [1.29, 1.82) is 0 Å². The average molecular weight is 267 g/mol. The number of amides is 1. The lowest BCUT2D eigenvalue weighted by Gasteiger charge is -2.28. The van der Waals surface area contributed by atoms with Gasteiger partial charge in [0.2, 0.25) is 0 Å². The molecule has 1 aliphatic rings. The van der Waals surface area contributed by atoms with Crippen molar-refractivity contribution in [3.05, 3.63) is 65.0 Å². The zero-order valence-electron chi connectivity index (χ0n) is 11.2. The minimum Gasteiger partial charge on any atom is -0.334 e. The van der Waals surface area contributed by atoms with Crippen molar-refractivity contribution in [1.82, 2.24) is 9.88 Å². The van der Waals surface area contributed by atoms with Gasteiger partial charge in [0.05, 0.1) is 5.69 Å². The molecule has 3 rings (SSSR count). The second-order valence-corrected chi connectivity index (χ2v) is 4.99. The maximum absolute atomic E-state index is 12.5. The Morgan fingerprint density at radius 3 is 2.95 bits per heavy atom. The molecule has 2 N–H and O–H groups in total. The van der Waals surface area contributed by atoms with Gasteiger partial charge in [-0.1, -0.05) is 18.2 Å². The summed E-state index contributed by atoms with van der Waals surface area (Å²) in [4.78, 5) is 18.5. The van der Waals surface area contributed by atoms with Gasteiger partial charge in [0.25, 0.3) is 5.91 Å². The molecule has 4 nitrogen and oxygen atoms in total. The molecule has 2 aromatic rings. The van der Waals surface area contributed by atoms with Crippen LogP contribution in [0.1, 0.15) is 27.2 Å². The van der Waals surface area contributed by atoms with E-state index >= 15 is 0 Å². The van der Waals surface area contributed by atoms with Gasteiger partial charge in [0.15, 0.2) is 0 Å². The highest BCUT2D eigenvalue weighted by Crippen LogP contribution is 2.20. The molecule has 0 saturated carbocycles. The molecule has 0 radical (unpaired) electrons. The Kier molecular flexibility index (Phi) is 3.48. The third-order valence-electron chi connectivity index (χ3n) is 3.65. The minimum atomic E-state index is 0.109. The largest absolute Gasteiger partial charge is 0.334 e. The van der Waals surface area contributed by atoms with Crippen molar-refractivity contribution in [2.75, 3.05) is 6.54 Å². The summed E-state index contributed by atoms with van der Waals surface area (Å²) in [7, 11) is 0. The lowest BCUT2D eigenvalue weighted by atomic mass is 9.99. The SMILES string of the molecule is NCc1cc(CN2CCc3ccccc3C2=O)ccn1. The third-order valence-corrected chi connectivity index (χ3v) is 3.65. The Hall–Kier alpha value is -2.20. The Morgan fingerprint density at radius 1 is 1.25 bits per heavy atom. The number of hydrogen-bond donors (Lipinski definition) is 1. The molecular formula is C16H17N3O. The number of nitrogens with two attached hydrogens (primary N) is 1. The molecule has 0 bridgehead atoms. The number of pyridine rings is 1. The highest BCUT2D eigenvalue weighted by Gasteiger charge is 2.23. The van der Waals surface area contributed by atoms with Crippen LogP contribution in [0.25, 0.3) is 0 Å². The molecule has 102 valence electrons. The van der Waals surface area contributed by atoms with Crippen molar-refractivity contribution >= 4 is 5.91 Å². The molecule has 1 aliphatic heterocycles. The first-order chi connectivity index (χ1) is 9.78. The first-order valence-corrected chi connectivity index (χ1v) is 6.79. The van der Waals surface area contributed by atoms with E-state index < -0.39 is 0 Å². The summed E-state index contributed by atoms with van der Waals surface area (Å²) in [6, 6.07) is 11.7. The van der Waals surface area contributed by atoms with Gasteiger partial charge in [-0.2, -0.15) is 0 Å². The van der Waals surface area contributed by atoms with E-state index in [0.29, 0.717) is 13.1 Å². The number of benzene rings is 1. The van der Waals surface area contributed by atoms with Crippen LogP contribution < -0.4 is 5.73 Å². The molecule has 4 heteroatoms. The highest BCUT2D eigenvalue weighted by molar-refractivity contribution is 5.96. The van der Waals surface area contributed by atoms with Gasteiger partial charge in [-0.3, -0.25) is 9.78 Å². The van der Waals surface area contributed by atoms with Gasteiger partial charge in [-0.25, -0.2) is 0 Å². The van der Waals surface area contributed by atoms with Gasteiger partial charge in [0, 0.05) is 31.4 Å². The lowest BCUT2D eigenvalue weighted by molar-refractivity contribution is 0.0727. The Balaban J connectivity index is 1.81. The topological polar surface area (TPSA) is 59.2 Å². The molecule has 0 fully saturated rings. The second-order valence-electron chi connectivity index (χ2n) is 4.99. The van der Waals surface area contributed by atoms with Gasteiger partial charge in [-0.05, 0) is 35.7 Å². The third kappa shape index (κ3) is 2.42. The molecule has 1 amide bonds. The van der Waals surface area contributed by atoms with Crippen molar-refractivity contribution in [2.45, 2.75) is 19.5 Å². The minimum absolute atomic E-state index is 0.109. The maximum atomic E-state index is 12.5. The number of rotatable bonds is 3. The number of fused-ring (bicyclic) bond motifs is 1. The van der Waals surface area contributed by atoms with Crippen molar-refractivity contribution in [3.8, 4) is 0 Å². The van der Waals surface area contributed by atoms with Gasteiger partial charge in [-0.15, -0.1) is 0 Å². The van der Waals surface area contributed by atoms with E-state index in [2.05, 4.69) is 4.98 Å². The van der Waals surface area contributed by atoms with Crippen LogP contribution in [0.2, 0.25) is 0 Å². The van der Waals surface area contributed by atoms with E-state index in [1.807, 2.05) is 41.3 Å². The zero-order chi connectivity index (χ0) is 13.9. The number of hydrogen-bond acceptors (Lipinski definition) is 3. The summed E-state index contributed by atoms with van der Waals surface area (Å²) in [6.07, 6.45) is 2.66. The predicted octanol–water partition coefficient (Wildman–Crippen LogP) is 1.74. The fourth-order valence-electron chi connectivity index (χ4n) is 2.58. The van der Waals surface area contributed by atoms with Crippen molar-refractivity contribution in [2.24, 2.45) is 5.73 Å². The zero-order valence-corrected chi connectivity index (χ0v) is 11.2. The summed E-state index contributed by atoms with van der Waals surface area (Å²) in [6.45, 7) is 1.80. The summed E-state index contributed by atoms with van der Waals surface area (Å²) >= 11 is 0. The number of aromatic nitrogens is 1. The Labute approximate surface area is 118 Å². The molecule has 0 unspecified atom stereocenters. The van der Waals surface area contributed by atoms with Crippen LogP contribution in [0.4, 0.5) is 0 Å². The van der Waals surface area contributed by atoms with Crippen LogP contribution >= 0.6 is 0 Å². The molecule has 0 spiro atoms. The van der Waals surface area contributed by atoms with Crippen molar-refractivity contribution in [3.63, 3.8) is 0 Å². The molecular weight excluding hydrogens is 250 g/mol. The number of carbonyl (C=O) groups excluding carboxylic acids is 1. The number of carbonyl (C=O) groups is 1. The van der Waals surface area contributed by atoms with E-state index in [9.17, 15) is 4.79 Å². The Bertz CT molecular complexity index is 639. The first kappa shape index (κ1) is 12.8. The summed E-state index contributed by atoms with van der Waals surface area (Å²) in [5, 5.41) is 0. The van der Waals surface area contributed by atoms with Crippen LogP contribution in [0.3, 0.4) is 0 Å². The summed E-state index contributed by atoms with van der Waals surface area (Å²) in [5.41, 5.74) is 9.50.